The maximum atomic E-state index is 5.93. The van der Waals surface area contributed by atoms with Crippen LogP contribution in [0.2, 0.25) is 0 Å². The lowest BCUT2D eigenvalue weighted by Gasteiger charge is -2.35. The summed E-state index contributed by atoms with van der Waals surface area (Å²) in [5, 5.41) is 0. The van der Waals surface area contributed by atoms with E-state index in [9.17, 15) is 0 Å². The first-order valence-electron chi connectivity index (χ1n) is 6.55. The van der Waals surface area contributed by atoms with Crippen molar-refractivity contribution in [2.24, 2.45) is 17.1 Å². The Morgan fingerprint density at radius 2 is 2.06 bits per heavy atom. The molecule has 1 heteroatoms. The number of nitrogens with two attached hydrogens (primary N) is 1. The van der Waals surface area contributed by atoms with Crippen LogP contribution in [-0.2, 0) is 0 Å². The van der Waals surface area contributed by atoms with E-state index in [0.717, 1.165) is 0 Å². The molecule has 0 amide bonds. The second-order valence-corrected chi connectivity index (χ2v) is 5.83. The number of hydrogen-bond donors (Lipinski definition) is 1. The Morgan fingerprint density at radius 1 is 1.41 bits per heavy atom. The summed E-state index contributed by atoms with van der Waals surface area (Å²) in [6, 6.07) is 0. The zero-order chi connectivity index (χ0) is 12.4. The van der Waals surface area contributed by atoms with Crippen LogP contribution in [-0.4, -0.2) is 6.54 Å². The first-order chi connectivity index (χ1) is 8.03. The molecule has 0 bridgehead atoms. The monoisotopic (exact) mass is 227 g/mol. The fourth-order valence-electron chi connectivity index (χ4n) is 3.76. The van der Waals surface area contributed by atoms with Crippen LogP contribution < -0.4 is 5.73 Å². The van der Waals surface area contributed by atoms with Crippen LogP contribution in [0.1, 0.15) is 33.6 Å². The summed E-state index contributed by atoms with van der Waals surface area (Å²) in [7, 11) is 0. The summed E-state index contributed by atoms with van der Waals surface area (Å²) < 4.78 is 0. The van der Waals surface area contributed by atoms with Crippen molar-refractivity contribution >= 4 is 0 Å². The maximum absolute atomic E-state index is 5.93. The first kappa shape index (κ1) is 11.0. The van der Waals surface area contributed by atoms with Gasteiger partial charge < -0.3 is 5.73 Å². The third kappa shape index (κ3) is 1.18. The molecular formula is C16H21N. The van der Waals surface area contributed by atoms with Crippen LogP contribution in [0.25, 0.3) is 0 Å². The Kier molecular flexibility index (Phi) is 2.10. The molecule has 1 spiro atoms. The minimum absolute atomic E-state index is 0.425. The molecule has 0 heterocycles. The van der Waals surface area contributed by atoms with E-state index in [1.165, 1.54) is 40.7 Å². The molecule has 2 N–H and O–H groups in total. The van der Waals surface area contributed by atoms with Gasteiger partial charge >= 0.3 is 0 Å². The molecule has 0 aliphatic heterocycles. The van der Waals surface area contributed by atoms with Crippen LogP contribution in [0.3, 0.4) is 0 Å². The highest BCUT2D eigenvalue weighted by atomic mass is 14.6. The maximum Gasteiger partial charge on any atom is 0.0186 e. The van der Waals surface area contributed by atoms with Gasteiger partial charge in [-0.15, -0.1) is 0 Å². The van der Waals surface area contributed by atoms with Crippen molar-refractivity contribution < 1.29 is 0 Å². The van der Waals surface area contributed by atoms with E-state index in [-0.39, 0.29) is 0 Å². The number of allylic oxidation sites excluding steroid dienone is 5. The van der Waals surface area contributed by atoms with E-state index in [1.54, 1.807) is 5.57 Å². The lowest BCUT2D eigenvalue weighted by molar-refractivity contribution is 0.436. The third-order valence-corrected chi connectivity index (χ3v) is 5.22. The molecule has 3 aliphatic carbocycles. The van der Waals surface area contributed by atoms with E-state index < -0.39 is 0 Å². The first-order valence-corrected chi connectivity index (χ1v) is 6.55. The van der Waals surface area contributed by atoms with Gasteiger partial charge in [-0.05, 0) is 65.9 Å². The van der Waals surface area contributed by atoms with Gasteiger partial charge in [0.05, 0.1) is 0 Å². The fourth-order valence-corrected chi connectivity index (χ4v) is 3.76. The van der Waals surface area contributed by atoms with Gasteiger partial charge in [0.15, 0.2) is 0 Å². The van der Waals surface area contributed by atoms with Crippen LogP contribution in [0.5, 0.6) is 0 Å². The van der Waals surface area contributed by atoms with Crippen LogP contribution in [0.4, 0.5) is 0 Å². The molecule has 3 rings (SSSR count). The molecular weight excluding hydrogens is 206 g/mol. The summed E-state index contributed by atoms with van der Waals surface area (Å²) in [4.78, 5) is 0. The van der Waals surface area contributed by atoms with Gasteiger partial charge in [-0.1, -0.05) is 25.2 Å². The Morgan fingerprint density at radius 3 is 2.59 bits per heavy atom. The summed E-state index contributed by atoms with van der Waals surface area (Å²) in [6.07, 6.45) is 4.94. The molecule has 1 atom stereocenters. The second kappa shape index (κ2) is 3.23. The van der Waals surface area contributed by atoms with Crippen molar-refractivity contribution in [1.82, 2.24) is 0 Å². The fraction of sp³-hybridized carbons (Fsp3) is 0.500. The van der Waals surface area contributed by atoms with Crippen molar-refractivity contribution in [1.29, 1.82) is 0 Å². The zero-order valence-electron chi connectivity index (χ0n) is 11.1. The van der Waals surface area contributed by atoms with Crippen molar-refractivity contribution in [2.75, 3.05) is 6.54 Å². The normalized spacial score (nSPS) is 30.0. The van der Waals surface area contributed by atoms with Gasteiger partial charge in [-0.25, -0.2) is 0 Å². The molecule has 3 aliphatic rings. The highest BCUT2D eigenvalue weighted by Crippen LogP contribution is 2.65. The van der Waals surface area contributed by atoms with Crippen LogP contribution in [0, 0.1) is 11.3 Å². The number of fused-ring (bicyclic) bond motifs is 1. The van der Waals surface area contributed by atoms with Gasteiger partial charge in [0.2, 0.25) is 0 Å². The van der Waals surface area contributed by atoms with Gasteiger partial charge in [-0.2, -0.15) is 0 Å². The second-order valence-electron chi connectivity index (χ2n) is 5.83. The SMILES string of the molecule is C=C1C2=CC(C)=C(CN)C2=C(C)C2(CC2)C1C. The van der Waals surface area contributed by atoms with Gasteiger partial charge in [-0.3, -0.25) is 0 Å². The highest BCUT2D eigenvalue weighted by Gasteiger charge is 2.54. The smallest absolute Gasteiger partial charge is 0.0186 e. The number of rotatable bonds is 1. The summed E-state index contributed by atoms with van der Waals surface area (Å²) >= 11 is 0. The van der Waals surface area contributed by atoms with Gasteiger partial charge in [0, 0.05) is 6.54 Å². The van der Waals surface area contributed by atoms with E-state index in [0.29, 0.717) is 17.9 Å². The van der Waals surface area contributed by atoms with E-state index >= 15 is 0 Å². The average Bonchev–Trinajstić information content (AvgIpc) is 3.04. The Labute approximate surface area is 104 Å². The largest absolute Gasteiger partial charge is 0.326 e. The van der Waals surface area contributed by atoms with E-state index in [2.05, 4.69) is 33.4 Å². The molecule has 0 aromatic heterocycles. The van der Waals surface area contributed by atoms with E-state index in [4.69, 9.17) is 5.73 Å². The van der Waals surface area contributed by atoms with Crippen LogP contribution in [0.15, 0.2) is 46.1 Å². The van der Waals surface area contributed by atoms with Crippen molar-refractivity contribution in [2.45, 2.75) is 33.6 Å². The average molecular weight is 227 g/mol. The summed E-state index contributed by atoms with van der Waals surface area (Å²) in [5.74, 6) is 0.599. The lowest BCUT2D eigenvalue weighted by Crippen LogP contribution is -2.25. The molecule has 1 nitrogen and oxygen atoms in total. The molecule has 1 fully saturated rings. The highest BCUT2D eigenvalue weighted by molar-refractivity contribution is 5.70. The summed E-state index contributed by atoms with van der Waals surface area (Å²) in [6.45, 7) is 11.8. The van der Waals surface area contributed by atoms with Gasteiger partial charge in [0.1, 0.15) is 0 Å². The predicted octanol–water partition coefficient (Wildman–Crippen LogP) is 3.50. The molecule has 17 heavy (non-hydrogen) atoms. The standard InChI is InChI=1S/C16H21N/c1-9-7-13-10(2)11(3)16(5-6-16)12(4)15(13)14(9)8-17/h7,11H,2,5-6,8,17H2,1,3-4H3. The molecule has 0 radical (unpaired) electrons. The molecule has 0 aromatic carbocycles. The molecule has 90 valence electrons. The Balaban J connectivity index is 2.24. The van der Waals surface area contributed by atoms with Crippen molar-refractivity contribution in [3.05, 3.63) is 46.1 Å². The minimum Gasteiger partial charge on any atom is -0.326 e. The topological polar surface area (TPSA) is 26.0 Å². The van der Waals surface area contributed by atoms with E-state index in [1.807, 2.05) is 0 Å². The number of hydrogen-bond acceptors (Lipinski definition) is 1. The van der Waals surface area contributed by atoms with Crippen LogP contribution >= 0.6 is 0 Å². The van der Waals surface area contributed by atoms with Gasteiger partial charge in [0.25, 0.3) is 0 Å². The third-order valence-electron chi connectivity index (χ3n) is 5.22. The molecule has 0 saturated heterocycles. The lowest BCUT2D eigenvalue weighted by atomic mass is 9.69. The molecule has 1 saturated carbocycles. The summed E-state index contributed by atoms with van der Waals surface area (Å²) in [5.41, 5.74) is 14.7. The molecule has 1 unspecified atom stereocenters. The Bertz CT molecular complexity index is 510. The molecule has 0 aromatic rings. The van der Waals surface area contributed by atoms with Crippen molar-refractivity contribution in [3.63, 3.8) is 0 Å². The van der Waals surface area contributed by atoms with Crippen molar-refractivity contribution in [3.8, 4) is 0 Å². The minimum atomic E-state index is 0.425. The predicted molar refractivity (Wildman–Crippen MR) is 72.5 cm³/mol. The zero-order valence-corrected chi connectivity index (χ0v) is 11.1. The quantitative estimate of drug-likeness (QED) is 0.729. The Hall–Kier alpha value is -1.08.